The van der Waals surface area contributed by atoms with E-state index in [0.29, 0.717) is 11.0 Å². The van der Waals surface area contributed by atoms with Gasteiger partial charge in [-0.15, -0.1) is 0 Å². The molecule has 0 radical (unpaired) electrons. The average molecular weight is 368 g/mol. The Morgan fingerprint density at radius 1 is 1.00 bits per heavy atom. The number of benzene rings is 2. The van der Waals surface area contributed by atoms with Crippen LogP contribution in [-0.4, -0.2) is 39.1 Å². The van der Waals surface area contributed by atoms with Crippen LogP contribution in [0.1, 0.15) is 23.2 Å². The van der Waals surface area contributed by atoms with Gasteiger partial charge in [0, 0.05) is 29.6 Å². The van der Waals surface area contributed by atoms with Crippen molar-refractivity contribution in [1.29, 1.82) is 0 Å². The fourth-order valence-electron chi connectivity index (χ4n) is 3.31. The first-order chi connectivity index (χ1) is 12.7. The fraction of sp³-hybridized carbons (Fsp3) is 0.263. The van der Waals surface area contributed by atoms with Crippen LogP contribution in [0, 0.1) is 5.92 Å². The molecule has 0 unspecified atom stereocenters. The van der Waals surface area contributed by atoms with Crippen molar-refractivity contribution in [3.05, 3.63) is 65.2 Å². The molecule has 2 aromatic carbocycles. The Morgan fingerprint density at radius 2 is 1.69 bits per heavy atom. The normalized spacial score (nSPS) is 15.2. The first kappa shape index (κ1) is 16.7. The lowest BCUT2D eigenvalue weighted by molar-refractivity contribution is 0.0900. The van der Waals surface area contributed by atoms with Gasteiger partial charge in [-0.2, -0.15) is 4.68 Å². The zero-order valence-corrected chi connectivity index (χ0v) is 14.9. The quantitative estimate of drug-likeness (QED) is 0.661. The van der Waals surface area contributed by atoms with Crippen molar-refractivity contribution in [3.8, 4) is 5.69 Å². The summed E-state index contributed by atoms with van der Waals surface area (Å²) in [5.41, 5.74) is 1.65. The van der Waals surface area contributed by atoms with E-state index in [-0.39, 0.29) is 11.7 Å². The number of aromatic nitrogens is 4. The van der Waals surface area contributed by atoms with Gasteiger partial charge in [-0.05, 0) is 59.7 Å². The molecular weight excluding hydrogens is 350 g/mol. The lowest BCUT2D eigenvalue weighted by Gasteiger charge is -2.31. The van der Waals surface area contributed by atoms with E-state index in [1.807, 2.05) is 30.3 Å². The predicted molar refractivity (Wildman–Crippen MR) is 99.9 cm³/mol. The number of hydrogen-bond donors (Lipinski definition) is 0. The molecule has 0 bridgehead atoms. The largest absolute Gasteiger partial charge is 0.339 e. The number of nitrogens with zero attached hydrogens (tertiary/aromatic N) is 5. The molecule has 0 amide bonds. The van der Waals surface area contributed by atoms with Crippen LogP contribution >= 0.6 is 11.6 Å². The number of para-hydroxylation sites is 1. The van der Waals surface area contributed by atoms with Crippen molar-refractivity contribution in [3.63, 3.8) is 0 Å². The van der Waals surface area contributed by atoms with Crippen LogP contribution in [-0.2, 0) is 0 Å². The van der Waals surface area contributed by atoms with Gasteiger partial charge in [0.1, 0.15) is 0 Å². The third kappa shape index (κ3) is 3.32. The van der Waals surface area contributed by atoms with Crippen molar-refractivity contribution >= 4 is 23.3 Å². The van der Waals surface area contributed by atoms with Gasteiger partial charge in [0.05, 0.1) is 5.69 Å². The highest BCUT2D eigenvalue weighted by Gasteiger charge is 2.28. The summed E-state index contributed by atoms with van der Waals surface area (Å²) < 4.78 is 1.74. The highest BCUT2D eigenvalue weighted by atomic mass is 35.5. The molecule has 1 aliphatic heterocycles. The Bertz CT molecular complexity index is 886. The van der Waals surface area contributed by atoms with E-state index >= 15 is 0 Å². The molecule has 132 valence electrons. The molecule has 6 nitrogen and oxygen atoms in total. The molecule has 2 heterocycles. The molecule has 1 fully saturated rings. The maximum absolute atomic E-state index is 12.7. The molecule has 0 spiro atoms. The van der Waals surface area contributed by atoms with E-state index in [0.717, 1.165) is 37.2 Å². The second-order valence-corrected chi connectivity index (χ2v) is 6.80. The van der Waals surface area contributed by atoms with Crippen LogP contribution in [0.2, 0.25) is 5.02 Å². The topological polar surface area (TPSA) is 63.9 Å². The summed E-state index contributed by atoms with van der Waals surface area (Å²) in [6.07, 6.45) is 1.56. The maximum Gasteiger partial charge on any atom is 0.250 e. The lowest BCUT2D eigenvalue weighted by atomic mass is 9.89. The molecule has 0 aliphatic carbocycles. The number of carbonyl (C=O) groups is 1. The number of anilines is 1. The number of hydrogen-bond acceptors (Lipinski definition) is 5. The van der Waals surface area contributed by atoms with Gasteiger partial charge >= 0.3 is 0 Å². The van der Waals surface area contributed by atoms with Gasteiger partial charge in [0.25, 0.3) is 0 Å². The first-order valence-corrected chi connectivity index (χ1v) is 8.99. The van der Waals surface area contributed by atoms with Crippen LogP contribution in [0.25, 0.3) is 5.69 Å². The first-order valence-electron chi connectivity index (χ1n) is 8.61. The van der Waals surface area contributed by atoms with Gasteiger partial charge in [0.2, 0.25) is 5.95 Å². The predicted octanol–water partition coefficient (Wildman–Crippen LogP) is 3.42. The third-order valence-electron chi connectivity index (χ3n) is 4.73. The minimum absolute atomic E-state index is 0.0217. The molecule has 1 saturated heterocycles. The molecule has 0 saturated carbocycles. The van der Waals surface area contributed by atoms with Crippen molar-refractivity contribution < 1.29 is 4.79 Å². The Labute approximate surface area is 156 Å². The summed E-state index contributed by atoms with van der Waals surface area (Å²) in [5.74, 6) is 0.922. The summed E-state index contributed by atoms with van der Waals surface area (Å²) in [6, 6.07) is 16.9. The van der Waals surface area contributed by atoms with E-state index < -0.39 is 0 Å². The van der Waals surface area contributed by atoms with Crippen LogP contribution in [0.3, 0.4) is 0 Å². The van der Waals surface area contributed by atoms with Gasteiger partial charge in [-0.3, -0.25) is 4.79 Å². The monoisotopic (exact) mass is 367 g/mol. The minimum Gasteiger partial charge on any atom is -0.339 e. The van der Waals surface area contributed by atoms with E-state index in [1.165, 1.54) is 0 Å². The molecular formula is C19H18ClN5O. The van der Waals surface area contributed by atoms with Crippen molar-refractivity contribution in [2.24, 2.45) is 5.92 Å². The SMILES string of the molecule is O=C(c1ccc(Cl)cc1)C1CCN(c2nnnn2-c2ccccc2)CC1. The average Bonchev–Trinajstić information content (AvgIpc) is 3.19. The Balaban J connectivity index is 1.45. The standard InChI is InChI=1S/C19H18ClN5O/c20-16-8-6-14(7-9-16)18(26)15-10-12-24(13-11-15)19-21-22-23-25(19)17-4-2-1-3-5-17/h1-9,15H,10-13H2. The number of rotatable bonds is 4. The van der Waals surface area contributed by atoms with E-state index in [2.05, 4.69) is 20.4 Å². The zero-order chi connectivity index (χ0) is 17.9. The smallest absolute Gasteiger partial charge is 0.250 e. The number of tetrazole rings is 1. The summed E-state index contributed by atoms with van der Waals surface area (Å²) in [7, 11) is 0. The number of carbonyl (C=O) groups excluding carboxylic acids is 1. The fourth-order valence-corrected chi connectivity index (χ4v) is 3.43. The number of piperidine rings is 1. The molecule has 7 heteroatoms. The molecule has 26 heavy (non-hydrogen) atoms. The summed E-state index contributed by atoms with van der Waals surface area (Å²) >= 11 is 5.90. The van der Waals surface area contributed by atoms with Crippen molar-refractivity contribution in [1.82, 2.24) is 20.2 Å². The van der Waals surface area contributed by atoms with Gasteiger partial charge in [-0.1, -0.05) is 34.9 Å². The summed E-state index contributed by atoms with van der Waals surface area (Å²) in [4.78, 5) is 14.8. The lowest BCUT2D eigenvalue weighted by Crippen LogP contribution is -2.37. The van der Waals surface area contributed by atoms with E-state index in [1.54, 1.807) is 28.9 Å². The number of halogens is 1. The van der Waals surface area contributed by atoms with Gasteiger partial charge in [-0.25, -0.2) is 0 Å². The van der Waals surface area contributed by atoms with E-state index in [9.17, 15) is 4.79 Å². The maximum atomic E-state index is 12.7. The molecule has 1 aromatic heterocycles. The second-order valence-electron chi connectivity index (χ2n) is 6.36. The van der Waals surface area contributed by atoms with Crippen LogP contribution < -0.4 is 4.90 Å². The molecule has 3 aromatic rings. The van der Waals surface area contributed by atoms with Crippen molar-refractivity contribution in [2.45, 2.75) is 12.8 Å². The van der Waals surface area contributed by atoms with Crippen LogP contribution in [0.5, 0.6) is 0 Å². The van der Waals surface area contributed by atoms with Crippen LogP contribution in [0.15, 0.2) is 54.6 Å². The highest BCUT2D eigenvalue weighted by Crippen LogP contribution is 2.26. The zero-order valence-electron chi connectivity index (χ0n) is 14.1. The van der Waals surface area contributed by atoms with Crippen molar-refractivity contribution in [2.75, 3.05) is 18.0 Å². The summed E-state index contributed by atoms with van der Waals surface area (Å²) in [5, 5.41) is 12.8. The Hall–Kier alpha value is -2.73. The van der Waals surface area contributed by atoms with Crippen LogP contribution in [0.4, 0.5) is 5.95 Å². The highest BCUT2D eigenvalue weighted by molar-refractivity contribution is 6.30. The molecule has 1 aliphatic rings. The molecule has 0 N–H and O–H groups in total. The van der Waals surface area contributed by atoms with Gasteiger partial charge in [0.15, 0.2) is 5.78 Å². The molecule has 0 atom stereocenters. The minimum atomic E-state index is 0.0217. The van der Waals surface area contributed by atoms with E-state index in [4.69, 9.17) is 11.6 Å². The Morgan fingerprint density at radius 3 is 2.38 bits per heavy atom. The summed E-state index contributed by atoms with van der Waals surface area (Å²) in [6.45, 7) is 1.49. The number of ketones is 1. The molecule has 4 rings (SSSR count). The number of Topliss-reactive ketones (excluding diaryl/α,β-unsaturated/α-hetero) is 1. The third-order valence-corrected chi connectivity index (χ3v) is 4.98. The Kier molecular flexibility index (Phi) is 4.67. The second kappa shape index (κ2) is 7.25. The van der Waals surface area contributed by atoms with Gasteiger partial charge < -0.3 is 4.90 Å².